The molecule has 1 aliphatic rings. The van der Waals surface area contributed by atoms with Crippen LogP contribution in [-0.2, 0) is 0 Å². The van der Waals surface area contributed by atoms with E-state index in [4.69, 9.17) is 33.3 Å². The third-order valence-electron chi connectivity index (χ3n) is 4.79. The SMILES string of the molecule is Clc1ccc(Cl)c(-c2csc(=NC3CCCCC3)n2N=Cc2ccncc2)c1. The maximum atomic E-state index is 6.46. The first-order chi connectivity index (χ1) is 13.7. The van der Waals surface area contributed by atoms with Crippen molar-refractivity contribution < 1.29 is 0 Å². The molecule has 4 nitrogen and oxygen atoms in total. The molecule has 0 unspecified atom stereocenters. The predicted molar refractivity (Wildman–Crippen MR) is 117 cm³/mol. The predicted octanol–water partition coefficient (Wildman–Crippen LogP) is 6.03. The van der Waals surface area contributed by atoms with Gasteiger partial charge in [-0.2, -0.15) is 5.10 Å². The molecular formula is C21H20Cl2N4S. The van der Waals surface area contributed by atoms with Gasteiger partial charge < -0.3 is 0 Å². The van der Waals surface area contributed by atoms with Crippen LogP contribution in [0.25, 0.3) is 11.3 Å². The highest BCUT2D eigenvalue weighted by Gasteiger charge is 2.15. The molecule has 0 N–H and O–H groups in total. The highest BCUT2D eigenvalue weighted by molar-refractivity contribution is 7.07. The van der Waals surface area contributed by atoms with E-state index in [2.05, 4.69) is 4.98 Å². The van der Waals surface area contributed by atoms with Crippen molar-refractivity contribution in [2.24, 2.45) is 10.1 Å². The van der Waals surface area contributed by atoms with Crippen molar-refractivity contribution in [2.45, 2.75) is 38.1 Å². The molecule has 2 aromatic heterocycles. The summed E-state index contributed by atoms with van der Waals surface area (Å²) < 4.78 is 1.87. The van der Waals surface area contributed by atoms with Gasteiger partial charge in [0.05, 0.1) is 23.0 Å². The van der Waals surface area contributed by atoms with Gasteiger partial charge >= 0.3 is 0 Å². The fourth-order valence-electron chi connectivity index (χ4n) is 3.32. The Balaban J connectivity index is 1.81. The minimum Gasteiger partial charge on any atom is -0.265 e. The first-order valence-electron chi connectivity index (χ1n) is 9.35. The summed E-state index contributed by atoms with van der Waals surface area (Å²) in [7, 11) is 0. The number of thiazole rings is 1. The van der Waals surface area contributed by atoms with Crippen molar-refractivity contribution in [3.8, 4) is 11.3 Å². The summed E-state index contributed by atoms with van der Waals surface area (Å²) in [6.45, 7) is 0. The molecule has 0 aliphatic heterocycles. The molecule has 0 amide bonds. The van der Waals surface area contributed by atoms with E-state index < -0.39 is 0 Å². The van der Waals surface area contributed by atoms with E-state index in [1.54, 1.807) is 29.8 Å². The molecule has 28 heavy (non-hydrogen) atoms. The van der Waals surface area contributed by atoms with Crippen LogP contribution in [0.5, 0.6) is 0 Å². The Morgan fingerprint density at radius 2 is 1.86 bits per heavy atom. The normalized spacial score (nSPS) is 16.1. The van der Waals surface area contributed by atoms with Crippen LogP contribution >= 0.6 is 34.5 Å². The van der Waals surface area contributed by atoms with Gasteiger partial charge in [0.15, 0.2) is 0 Å². The number of nitrogens with zero attached hydrogens (tertiary/aromatic N) is 4. The Hall–Kier alpha value is -1.95. The van der Waals surface area contributed by atoms with Crippen molar-refractivity contribution >= 4 is 40.8 Å². The van der Waals surface area contributed by atoms with Crippen LogP contribution in [0.2, 0.25) is 10.0 Å². The second-order valence-corrected chi connectivity index (χ2v) is 8.47. The second-order valence-electron chi connectivity index (χ2n) is 6.79. The van der Waals surface area contributed by atoms with Crippen molar-refractivity contribution in [2.75, 3.05) is 0 Å². The Bertz CT molecular complexity index is 1030. The lowest BCUT2D eigenvalue weighted by atomic mass is 9.96. The number of benzene rings is 1. The largest absolute Gasteiger partial charge is 0.265 e. The van der Waals surface area contributed by atoms with Crippen molar-refractivity contribution in [1.29, 1.82) is 0 Å². The molecule has 1 aliphatic carbocycles. The van der Waals surface area contributed by atoms with Gasteiger partial charge in [-0.25, -0.2) is 4.68 Å². The number of pyridine rings is 1. The first kappa shape index (κ1) is 19.4. The van der Waals surface area contributed by atoms with Gasteiger partial charge in [-0.3, -0.25) is 9.98 Å². The molecular weight excluding hydrogens is 411 g/mol. The lowest BCUT2D eigenvalue weighted by Gasteiger charge is -2.16. The third kappa shape index (κ3) is 4.54. The zero-order valence-corrected chi connectivity index (χ0v) is 17.6. The average Bonchev–Trinajstić information content (AvgIpc) is 3.12. The fraction of sp³-hybridized carbons (Fsp3) is 0.286. The first-order valence-corrected chi connectivity index (χ1v) is 11.0. The van der Waals surface area contributed by atoms with Crippen LogP contribution < -0.4 is 4.80 Å². The van der Waals surface area contributed by atoms with E-state index in [1.165, 1.54) is 19.3 Å². The van der Waals surface area contributed by atoms with Gasteiger partial charge in [-0.1, -0.05) is 42.5 Å². The quantitative estimate of drug-likeness (QED) is 0.465. The van der Waals surface area contributed by atoms with Crippen molar-refractivity contribution in [3.05, 3.63) is 68.5 Å². The van der Waals surface area contributed by atoms with Crippen molar-refractivity contribution in [3.63, 3.8) is 0 Å². The van der Waals surface area contributed by atoms with E-state index in [0.29, 0.717) is 16.1 Å². The van der Waals surface area contributed by atoms with E-state index in [-0.39, 0.29) is 0 Å². The number of rotatable bonds is 4. The second kappa shape index (κ2) is 9.03. The minimum atomic E-state index is 0.359. The maximum absolute atomic E-state index is 6.46. The van der Waals surface area contributed by atoms with Gasteiger partial charge in [0.1, 0.15) is 0 Å². The van der Waals surface area contributed by atoms with Crippen LogP contribution in [0.3, 0.4) is 0 Å². The Morgan fingerprint density at radius 1 is 1.07 bits per heavy atom. The molecule has 0 radical (unpaired) electrons. The molecule has 0 spiro atoms. The minimum absolute atomic E-state index is 0.359. The van der Waals surface area contributed by atoms with Gasteiger partial charge in [0, 0.05) is 28.4 Å². The van der Waals surface area contributed by atoms with Crippen LogP contribution in [0.4, 0.5) is 0 Å². The van der Waals surface area contributed by atoms with E-state index >= 15 is 0 Å². The summed E-state index contributed by atoms with van der Waals surface area (Å²) in [5, 5.41) is 8.05. The van der Waals surface area contributed by atoms with Crippen LogP contribution in [0, 0.1) is 0 Å². The molecule has 1 fully saturated rings. The number of hydrogen-bond donors (Lipinski definition) is 0. The molecule has 0 saturated heterocycles. The Labute approximate surface area is 178 Å². The number of aromatic nitrogens is 2. The highest BCUT2D eigenvalue weighted by atomic mass is 35.5. The van der Waals surface area contributed by atoms with Gasteiger partial charge in [0.25, 0.3) is 0 Å². The van der Waals surface area contributed by atoms with Gasteiger partial charge in [-0.05, 0) is 48.7 Å². The van der Waals surface area contributed by atoms with Gasteiger partial charge in [-0.15, -0.1) is 11.3 Å². The topological polar surface area (TPSA) is 42.5 Å². The summed E-state index contributed by atoms with van der Waals surface area (Å²) in [6.07, 6.45) is 11.4. The summed E-state index contributed by atoms with van der Waals surface area (Å²) in [5.74, 6) is 0. The molecule has 0 atom stereocenters. The maximum Gasteiger partial charge on any atom is 0.206 e. The summed E-state index contributed by atoms with van der Waals surface area (Å²) in [4.78, 5) is 9.94. The zero-order chi connectivity index (χ0) is 19.3. The Morgan fingerprint density at radius 3 is 2.64 bits per heavy atom. The Kier molecular flexibility index (Phi) is 6.25. The molecule has 0 bridgehead atoms. The average molecular weight is 431 g/mol. The van der Waals surface area contributed by atoms with Gasteiger partial charge in [0.2, 0.25) is 4.80 Å². The summed E-state index contributed by atoms with van der Waals surface area (Å²) >= 11 is 14.3. The molecule has 4 rings (SSSR count). The van der Waals surface area contributed by atoms with Crippen molar-refractivity contribution in [1.82, 2.24) is 9.66 Å². The highest BCUT2D eigenvalue weighted by Crippen LogP contribution is 2.31. The number of hydrogen-bond acceptors (Lipinski definition) is 4. The van der Waals surface area contributed by atoms with E-state index in [9.17, 15) is 0 Å². The standard InChI is InChI=1S/C21H20Cl2N4S/c22-16-6-7-19(23)18(12-16)20-14-28-21(26-17-4-2-1-3-5-17)27(20)25-13-15-8-10-24-11-9-15/h6-14,17H,1-5H2. The van der Waals surface area contributed by atoms with Crippen LogP contribution in [-0.4, -0.2) is 21.9 Å². The molecule has 1 saturated carbocycles. The third-order valence-corrected chi connectivity index (χ3v) is 6.18. The molecule has 7 heteroatoms. The summed E-state index contributed by atoms with van der Waals surface area (Å²) in [6, 6.07) is 9.66. The van der Waals surface area contributed by atoms with E-state index in [0.717, 1.165) is 34.5 Å². The smallest absolute Gasteiger partial charge is 0.206 e. The monoisotopic (exact) mass is 430 g/mol. The zero-order valence-electron chi connectivity index (χ0n) is 15.3. The molecule has 144 valence electrons. The summed E-state index contributed by atoms with van der Waals surface area (Å²) in [5.41, 5.74) is 2.71. The molecule has 2 heterocycles. The van der Waals surface area contributed by atoms with Crippen LogP contribution in [0.15, 0.2) is 58.2 Å². The lowest BCUT2D eigenvalue weighted by molar-refractivity contribution is 0.435. The molecule has 1 aromatic carbocycles. The fourth-order valence-corrected chi connectivity index (χ4v) is 4.61. The molecule has 3 aromatic rings. The lowest BCUT2D eigenvalue weighted by Crippen LogP contribution is -2.19. The number of halogens is 2. The van der Waals surface area contributed by atoms with E-state index in [1.807, 2.05) is 40.5 Å². The van der Waals surface area contributed by atoms with Crippen LogP contribution in [0.1, 0.15) is 37.7 Å².